The van der Waals surface area contributed by atoms with Crippen LogP contribution < -0.4 is 11.1 Å². The Balaban J connectivity index is 2.04. The smallest absolute Gasteiger partial charge is 0.270 e. The zero-order valence-corrected chi connectivity index (χ0v) is 11.6. The second kappa shape index (κ2) is 6.36. The fraction of sp³-hybridized carbons (Fsp3) is 0.0714. The van der Waals surface area contributed by atoms with Crippen LogP contribution in [0.3, 0.4) is 0 Å². The molecule has 0 atom stereocenters. The van der Waals surface area contributed by atoms with Crippen molar-refractivity contribution in [2.75, 3.05) is 0 Å². The van der Waals surface area contributed by atoms with Gasteiger partial charge in [-0.3, -0.25) is 4.79 Å². The Morgan fingerprint density at radius 3 is 2.62 bits per heavy atom. The summed E-state index contributed by atoms with van der Waals surface area (Å²) in [7, 11) is 0. The number of rotatable bonds is 4. The predicted octanol–water partition coefficient (Wildman–Crippen LogP) is 1.92. The largest absolute Gasteiger partial charge is 0.389 e. The average molecular weight is 307 g/mol. The molecule has 1 aromatic carbocycles. The fourth-order valence-corrected chi connectivity index (χ4v) is 1.75. The van der Waals surface area contributed by atoms with Gasteiger partial charge < -0.3 is 11.1 Å². The molecule has 3 N–H and O–H groups in total. The lowest BCUT2D eigenvalue weighted by molar-refractivity contribution is 0.0945. The van der Waals surface area contributed by atoms with Gasteiger partial charge >= 0.3 is 0 Å². The van der Waals surface area contributed by atoms with Gasteiger partial charge in [-0.1, -0.05) is 24.4 Å². The molecule has 2 rings (SSSR count). The van der Waals surface area contributed by atoms with E-state index in [2.05, 4.69) is 10.3 Å². The van der Waals surface area contributed by atoms with Gasteiger partial charge in [-0.15, -0.1) is 0 Å². The maximum absolute atomic E-state index is 13.8. The zero-order valence-electron chi connectivity index (χ0n) is 10.8. The summed E-state index contributed by atoms with van der Waals surface area (Å²) in [4.78, 5) is 15.5. The molecule has 1 heterocycles. The van der Waals surface area contributed by atoms with Gasteiger partial charge in [0.2, 0.25) is 0 Å². The van der Waals surface area contributed by atoms with E-state index < -0.39 is 17.5 Å². The Bertz CT molecular complexity index is 689. The molecule has 0 spiro atoms. The quantitative estimate of drug-likeness (QED) is 0.847. The minimum Gasteiger partial charge on any atom is -0.389 e. The van der Waals surface area contributed by atoms with Crippen molar-refractivity contribution in [2.24, 2.45) is 5.73 Å². The van der Waals surface area contributed by atoms with Crippen LogP contribution in [-0.4, -0.2) is 15.9 Å². The van der Waals surface area contributed by atoms with E-state index >= 15 is 0 Å². The van der Waals surface area contributed by atoms with Gasteiger partial charge in [0.25, 0.3) is 5.91 Å². The topological polar surface area (TPSA) is 68.0 Å². The summed E-state index contributed by atoms with van der Waals surface area (Å²) in [6.07, 6.45) is 0.937. The van der Waals surface area contributed by atoms with Gasteiger partial charge in [0, 0.05) is 17.7 Å². The van der Waals surface area contributed by atoms with Gasteiger partial charge in [0.1, 0.15) is 22.3 Å². The third-order valence-electron chi connectivity index (χ3n) is 2.74. The van der Waals surface area contributed by atoms with Crippen LogP contribution >= 0.6 is 12.2 Å². The maximum Gasteiger partial charge on any atom is 0.270 e. The Hall–Kier alpha value is -2.41. The molecule has 0 unspecified atom stereocenters. The zero-order chi connectivity index (χ0) is 15.4. The highest BCUT2D eigenvalue weighted by atomic mass is 32.1. The predicted molar refractivity (Wildman–Crippen MR) is 77.7 cm³/mol. The molecular formula is C14H11F2N3OS. The highest BCUT2D eigenvalue weighted by Crippen LogP contribution is 2.10. The SMILES string of the molecule is NC(=S)c1ccc(CNC(=O)c2ccc(F)cn2)c(F)c1. The van der Waals surface area contributed by atoms with Crippen LogP contribution in [0.1, 0.15) is 21.6 Å². The molecule has 108 valence electrons. The number of hydrogen-bond donors (Lipinski definition) is 2. The molecule has 21 heavy (non-hydrogen) atoms. The first-order chi connectivity index (χ1) is 9.97. The molecule has 0 bridgehead atoms. The van der Waals surface area contributed by atoms with E-state index in [-0.39, 0.29) is 22.8 Å². The molecule has 0 aliphatic carbocycles. The molecule has 1 aromatic heterocycles. The van der Waals surface area contributed by atoms with Gasteiger partial charge in [0.05, 0.1) is 6.20 Å². The van der Waals surface area contributed by atoms with Crippen molar-refractivity contribution in [2.45, 2.75) is 6.54 Å². The summed E-state index contributed by atoms with van der Waals surface area (Å²) >= 11 is 4.75. The standard InChI is InChI=1S/C14H11F2N3OS/c15-10-3-4-12(18-7-10)14(20)19-6-9-2-1-8(13(17)21)5-11(9)16/h1-5,7H,6H2,(H2,17,21)(H,19,20). The Kier molecular flexibility index (Phi) is 4.54. The van der Waals surface area contributed by atoms with Crippen LogP contribution in [-0.2, 0) is 6.54 Å². The number of amides is 1. The second-order valence-corrected chi connectivity index (χ2v) is 4.65. The van der Waals surface area contributed by atoms with Crippen molar-refractivity contribution in [3.05, 3.63) is 65.0 Å². The Morgan fingerprint density at radius 2 is 2.05 bits per heavy atom. The lowest BCUT2D eigenvalue weighted by Gasteiger charge is -2.07. The molecular weight excluding hydrogens is 296 g/mol. The highest BCUT2D eigenvalue weighted by molar-refractivity contribution is 7.80. The minimum atomic E-state index is -0.536. The van der Waals surface area contributed by atoms with E-state index in [4.69, 9.17) is 18.0 Å². The van der Waals surface area contributed by atoms with Crippen molar-refractivity contribution < 1.29 is 13.6 Å². The van der Waals surface area contributed by atoms with E-state index in [0.29, 0.717) is 5.56 Å². The number of carbonyl (C=O) groups excluding carboxylic acids is 1. The lowest BCUT2D eigenvalue weighted by Crippen LogP contribution is -2.24. The first-order valence-electron chi connectivity index (χ1n) is 5.95. The number of thiocarbonyl (C=S) groups is 1. The normalized spacial score (nSPS) is 10.2. The lowest BCUT2D eigenvalue weighted by atomic mass is 10.1. The van der Waals surface area contributed by atoms with Crippen molar-refractivity contribution >= 4 is 23.1 Å². The van der Waals surface area contributed by atoms with Crippen LogP contribution in [0, 0.1) is 11.6 Å². The van der Waals surface area contributed by atoms with Crippen LogP contribution in [0.15, 0.2) is 36.5 Å². The summed E-state index contributed by atoms with van der Waals surface area (Å²) in [5.41, 5.74) is 6.15. The number of hydrogen-bond acceptors (Lipinski definition) is 3. The number of nitrogens with two attached hydrogens (primary N) is 1. The molecule has 0 aliphatic heterocycles. The van der Waals surface area contributed by atoms with Crippen molar-refractivity contribution in [1.82, 2.24) is 10.3 Å². The molecule has 0 aliphatic rings. The summed E-state index contributed by atoms with van der Waals surface area (Å²) < 4.78 is 26.5. The van der Waals surface area contributed by atoms with E-state index in [1.807, 2.05) is 0 Å². The number of carbonyl (C=O) groups is 1. The molecule has 7 heteroatoms. The first kappa shape index (κ1) is 15.0. The number of halogens is 2. The summed E-state index contributed by atoms with van der Waals surface area (Å²) in [6.45, 7) is -0.0265. The third-order valence-corrected chi connectivity index (χ3v) is 2.97. The van der Waals surface area contributed by atoms with Crippen LogP contribution in [0.2, 0.25) is 0 Å². The second-order valence-electron chi connectivity index (χ2n) is 4.21. The number of nitrogens with zero attached hydrogens (tertiary/aromatic N) is 1. The van der Waals surface area contributed by atoms with E-state index in [0.717, 1.165) is 12.3 Å². The molecule has 0 saturated heterocycles. The monoisotopic (exact) mass is 307 g/mol. The van der Waals surface area contributed by atoms with Crippen molar-refractivity contribution in [1.29, 1.82) is 0 Å². The maximum atomic E-state index is 13.8. The average Bonchev–Trinajstić information content (AvgIpc) is 2.46. The van der Waals surface area contributed by atoms with Gasteiger partial charge in [-0.2, -0.15) is 0 Å². The Labute approximate surface area is 125 Å². The van der Waals surface area contributed by atoms with Gasteiger partial charge in [-0.05, 0) is 18.2 Å². The number of aromatic nitrogens is 1. The minimum absolute atomic E-state index is 0.0265. The van der Waals surface area contributed by atoms with Crippen LogP contribution in [0.25, 0.3) is 0 Å². The van der Waals surface area contributed by atoms with Gasteiger partial charge in [0.15, 0.2) is 0 Å². The fourth-order valence-electron chi connectivity index (χ4n) is 1.62. The molecule has 1 amide bonds. The van der Waals surface area contributed by atoms with Crippen molar-refractivity contribution in [3.8, 4) is 0 Å². The van der Waals surface area contributed by atoms with Crippen LogP contribution in [0.5, 0.6) is 0 Å². The summed E-state index contributed by atoms with van der Waals surface area (Å²) in [5, 5.41) is 2.50. The number of pyridine rings is 1. The van der Waals surface area contributed by atoms with Gasteiger partial charge in [-0.25, -0.2) is 13.8 Å². The summed E-state index contributed by atoms with van der Waals surface area (Å²) in [6, 6.07) is 6.64. The molecule has 0 fully saturated rings. The number of nitrogens with one attached hydrogen (secondary N) is 1. The summed E-state index contributed by atoms with van der Waals surface area (Å²) in [5.74, 6) is -1.58. The first-order valence-corrected chi connectivity index (χ1v) is 6.36. The molecule has 0 radical (unpaired) electrons. The molecule has 4 nitrogen and oxygen atoms in total. The number of benzene rings is 1. The van der Waals surface area contributed by atoms with E-state index in [1.165, 1.54) is 18.2 Å². The van der Waals surface area contributed by atoms with E-state index in [9.17, 15) is 13.6 Å². The Morgan fingerprint density at radius 1 is 1.29 bits per heavy atom. The third kappa shape index (κ3) is 3.79. The molecule has 0 saturated carbocycles. The molecule has 2 aromatic rings. The van der Waals surface area contributed by atoms with E-state index in [1.54, 1.807) is 6.07 Å². The van der Waals surface area contributed by atoms with Crippen LogP contribution in [0.4, 0.5) is 8.78 Å². The highest BCUT2D eigenvalue weighted by Gasteiger charge is 2.10. The van der Waals surface area contributed by atoms with Crippen molar-refractivity contribution in [3.63, 3.8) is 0 Å².